The Bertz CT molecular complexity index is 954. The minimum atomic E-state index is 0.541. The first-order valence-electron chi connectivity index (χ1n) is 10.5. The summed E-state index contributed by atoms with van der Waals surface area (Å²) < 4.78 is 17.0. The van der Waals surface area contributed by atoms with Crippen LogP contribution >= 0.6 is 0 Å². The third kappa shape index (κ3) is 4.95. The van der Waals surface area contributed by atoms with Gasteiger partial charge in [-0.15, -0.1) is 0 Å². The summed E-state index contributed by atoms with van der Waals surface area (Å²) in [7, 11) is 3.41. The van der Waals surface area contributed by atoms with Crippen LogP contribution in [-0.2, 0) is 26.1 Å². The van der Waals surface area contributed by atoms with Gasteiger partial charge in [0.25, 0.3) is 0 Å². The molecule has 3 aromatic carbocycles. The van der Waals surface area contributed by atoms with E-state index < -0.39 is 0 Å². The Morgan fingerprint density at radius 2 is 1.57 bits per heavy atom. The van der Waals surface area contributed by atoms with Crippen LogP contribution in [0.4, 0.5) is 0 Å². The summed E-state index contributed by atoms with van der Waals surface area (Å²) in [5, 5.41) is 0. The molecule has 0 amide bonds. The topological polar surface area (TPSA) is 30.9 Å². The van der Waals surface area contributed by atoms with E-state index >= 15 is 0 Å². The summed E-state index contributed by atoms with van der Waals surface area (Å²) in [4.78, 5) is 2.50. The standard InChI is InChI=1S/C26H29NO3/c1-28-24-12-10-20(11-13-24)17-27-14-6-9-22-15-26(25(29-2)16-23(22)18-27)30-19-21-7-4-3-5-8-21/h3-5,7-8,10-13,15-16H,6,9,14,17-19H2,1-2H3. The van der Waals surface area contributed by atoms with E-state index in [1.165, 1.54) is 16.7 Å². The third-order valence-corrected chi connectivity index (χ3v) is 5.60. The number of ether oxygens (including phenoxy) is 3. The smallest absolute Gasteiger partial charge is 0.161 e. The van der Waals surface area contributed by atoms with E-state index in [0.717, 1.165) is 55.3 Å². The SMILES string of the molecule is COc1ccc(CN2CCCc3cc(OCc4ccccc4)c(OC)cc3C2)cc1. The number of hydrogen-bond donors (Lipinski definition) is 0. The normalized spacial score (nSPS) is 13.9. The molecule has 0 saturated carbocycles. The molecule has 0 bridgehead atoms. The van der Waals surface area contributed by atoms with Crippen molar-refractivity contribution in [3.8, 4) is 17.2 Å². The summed E-state index contributed by atoms with van der Waals surface area (Å²) in [5.41, 5.74) is 5.13. The van der Waals surface area contributed by atoms with Gasteiger partial charge in [-0.05, 0) is 65.9 Å². The highest BCUT2D eigenvalue weighted by Gasteiger charge is 2.18. The van der Waals surface area contributed by atoms with Gasteiger partial charge in [0.15, 0.2) is 11.5 Å². The second-order valence-corrected chi connectivity index (χ2v) is 7.71. The van der Waals surface area contributed by atoms with Crippen molar-refractivity contribution in [1.29, 1.82) is 0 Å². The first-order chi connectivity index (χ1) is 14.7. The largest absolute Gasteiger partial charge is 0.497 e. The van der Waals surface area contributed by atoms with Gasteiger partial charge in [-0.3, -0.25) is 4.90 Å². The van der Waals surface area contributed by atoms with Crippen LogP contribution in [0, 0.1) is 0 Å². The molecule has 3 aromatic rings. The molecular formula is C26H29NO3. The molecule has 0 radical (unpaired) electrons. The van der Waals surface area contributed by atoms with Crippen LogP contribution in [0.15, 0.2) is 66.7 Å². The van der Waals surface area contributed by atoms with Crippen molar-refractivity contribution >= 4 is 0 Å². The zero-order valence-electron chi connectivity index (χ0n) is 17.8. The van der Waals surface area contributed by atoms with E-state index in [1.54, 1.807) is 14.2 Å². The molecule has 1 heterocycles. The van der Waals surface area contributed by atoms with Gasteiger partial charge in [0, 0.05) is 13.1 Å². The van der Waals surface area contributed by atoms with Crippen LogP contribution in [-0.4, -0.2) is 25.7 Å². The Labute approximate surface area is 179 Å². The molecule has 30 heavy (non-hydrogen) atoms. The quantitative estimate of drug-likeness (QED) is 0.540. The van der Waals surface area contributed by atoms with Crippen molar-refractivity contribution < 1.29 is 14.2 Å². The van der Waals surface area contributed by atoms with E-state index in [1.807, 2.05) is 30.3 Å². The van der Waals surface area contributed by atoms with Crippen molar-refractivity contribution in [3.63, 3.8) is 0 Å². The lowest BCUT2D eigenvalue weighted by atomic mass is 10.0. The number of aryl methyl sites for hydroxylation is 1. The molecule has 4 nitrogen and oxygen atoms in total. The minimum absolute atomic E-state index is 0.541. The van der Waals surface area contributed by atoms with Gasteiger partial charge < -0.3 is 14.2 Å². The van der Waals surface area contributed by atoms with Gasteiger partial charge in [0.1, 0.15) is 12.4 Å². The van der Waals surface area contributed by atoms with Gasteiger partial charge in [-0.25, -0.2) is 0 Å². The number of rotatable bonds is 7. The van der Waals surface area contributed by atoms with Gasteiger partial charge in [-0.1, -0.05) is 42.5 Å². The number of nitrogens with zero attached hydrogens (tertiary/aromatic N) is 1. The first kappa shape index (κ1) is 20.3. The van der Waals surface area contributed by atoms with Gasteiger partial charge in [0.05, 0.1) is 14.2 Å². The highest BCUT2D eigenvalue weighted by molar-refractivity contribution is 5.48. The van der Waals surface area contributed by atoms with Crippen LogP contribution in [0.25, 0.3) is 0 Å². The second kappa shape index (κ2) is 9.68. The highest BCUT2D eigenvalue weighted by Crippen LogP contribution is 2.34. The summed E-state index contributed by atoms with van der Waals surface area (Å²) >= 11 is 0. The van der Waals surface area contributed by atoms with E-state index in [0.29, 0.717) is 6.61 Å². The maximum Gasteiger partial charge on any atom is 0.161 e. The predicted molar refractivity (Wildman–Crippen MR) is 119 cm³/mol. The number of hydrogen-bond acceptors (Lipinski definition) is 4. The number of benzene rings is 3. The Kier molecular flexibility index (Phi) is 6.55. The van der Waals surface area contributed by atoms with Crippen molar-refractivity contribution in [1.82, 2.24) is 4.90 Å². The lowest BCUT2D eigenvalue weighted by Crippen LogP contribution is -2.22. The fraction of sp³-hybridized carbons (Fsp3) is 0.308. The van der Waals surface area contributed by atoms with E-state index in [9.17, 15) is 0 Å². The average molecular weight is 404 g/mol. The number of fused-ring (bicyclic) bond motifs is 1. The zero-order chi connectivity index (χ0) is 20.8. The van der Waals surface area contributed by atoms with Crippen molar-refractivity contribution in [3.05, 3.63) is 89.0 Å². The fourth-order valence-electron chi connectivity index (χ4n) is 3.97. The molecule has 0 unspecified atom stereocenters. The molecule has 0 fully saturated rings. The molecule has 0 aromatic heterocycles. The van der Waals surface area contributed by atoms with Crippen molar-refractivity contribution in [2.75, 3.05) is 20.8 Å². The van der Waals surface area contributed by atoms with Gasteiger partial charge >= 0.3 is 0 Å². The molecule has 156 valence electrons. The minimum Gasteiger partial charge on any atom is -0.497 e. The molecular weight excluding hydrogens is 374 g/mol. The second-order valence-electron chi connectivity index (χ2n) is 7.71. The molecule has 0 spiro atoms. The highest BCUT2D eigenvalue weighted by atomic mass is 16.5. The summed E-state index contributed by atoms with van der Waals surface area (Å²) in [5.74, 6) is 2.52. The van der Waals surface area contributed by atoms with Crippen molar-refractivity contribution in [2.45, 2.75) is 32.5 Å². The van der Waals surface area contributed by atoms with Crippen LogP contribution in [0.1, 0.15) is 28.7 Å². The Hall–Kier alpha value is -2.98. The Balaban J connectivity index is 1.48. The van der Waals surface area contributed by atoms with Crippen LogP contribution in [0.5, 0.6) is 17.2 Å². The van der Waals surface area contributed by atoms with Crippen LogP contribution in [0.2, 0.25) is 0 Å². The van der Waals surface area contributed by atoms with E-state index in [4.69, 9.17) is 14.2 Å². The lowest BCUT2D eigenvalue weighted by Gasteiger charge is -2.21. The van der Waals surface area contributed by atoms with E-state index in [-0.39, 0.29) is 0 Å². The first-order valence-corrected chi connectivity index (χ1v) is 10.5. The molecule has 0 atom stereocenters. The monoisotopic (exact) mass is 403 g/mol. The molecule has 0 N–H and O–H groups in total. The predicted octanol–water partition coefficient (Wildman–Crippen LogP) is 5.23. The molecule has 4 rings (SSSR count). The summed E-state index contributed by atoms with van der Waals surface area (Å²) in [6.45, 7) is 3.46. The Morgan fingerprint density at radius 3 is 2.30 bits per heavy atom. The summed E-state index contributed by atoms with van der Waals surface area (Å²) in [6, 6.07) is 22.9. The van der Waals surface area contributed by atoms with Gasteiger partial charge in [0.2, 0.25) is 0 Å². The maximum atomic E-state index is 6.11. The van der Waals surface area contributed by atoms with Gasteiger partial charge in [-0.2, -0.15) is 0 Å². The molecule has 1 aliphatic heterocycles. The summed E-state index contributed by atoms with van der Waals surface area (Å²) in [6.07, 6.45) is 2.19. The van der Waals surface area contributed by atoms with E-state index in [2.05, 4.69) is 41.3 Å². The molecule has 1 aliphatic rings. The number of methoxy groups -OCH3 is 2. The van der Waals surface area contributed by atoms with Crippen molar-refractivity contribution in [2.24, 2.45) is 0 Å². The van der Waals surface area contributed by atoms with Crippen LogP contribution in [0.3, 0.4) is 0 Å². The molecule has 0 aliphatic carbocycles. The molecule has 4 heteroatoms. The fourth-order valence-corrected chi connectivity index (χ4v) is 3.97. The lowest BCUT2D eigenvalue weighted by molar-refractivity contribution is 0.260. The van der Waals surface area contributed by atoms with Crippen LogP contribution < -0.4 is 14.2 Å². The third-order valence-electron chi connectivity index (χ3n) is 5.60. The zero-order valence-corrected chi connectivity index (χ0v) is 17.8. The average Bonchev–Trinajstić information content (AvgIpc) is 2.99. The maximum absolute atomic E-state index is 6.11. The Morgan fingerprint density at radius 1 is 0.800 bits per heavy atom. The molecule has 0 saturated heterocycles.